The molecule has 37 heavy (non-hydrogen) atoms. The van der Waals surface area contributed by atoms with Crippen molar-refractivity contribution in [2.45, 2.75) is 76.8 Å². The van der Waals surface area contributed by atoms with Crippen molar-refractivity contribution < 1.29 is 14.4 Å². The zero-order chi connectivity index (χ0) is 26.0. The molecule has 0 saturated heterocycles. The predicted octanol–water partition coefficient (Wildman–Crippen LogP) is 5.42. The lowest BCUT2D eigenvalue weighted by Gasteiger charge is -2.37. The Morgan fingerprint density at radius 2 is 1.92 bits per heavy atom. The van der Waals surface area contributed by atoms with Crippen molar-refractivity contribution in [1.82, 2.24) is 15.2 Å². The number of anilines is 1. The predicted molar refractivity (Wildman–Crippen MR) is 145 cm³/mol. The van der Waals surface area contributed by atoms with Gasteiger partial charge in [-0.15, -0.1) is 0 Å². The van der Waals surface area contributed by atoms with E-state index >= 15 is 0 Å². The molecule has 1 aromatic heterocycles. The Bertz CT molecular complexity index is 1100. The highest BCUT2D eigenvalue weighted by atomic mass is 16.2. The first-order chi connectivity index (χ1) is 18.0. The van der Waals surface area contributed by atoms with Crippen LogP contribution in [0.4, 0.5) is 5.69 Å². The van der Waals surface area contributed by atoms with Crippen LogP contribution in [-0.2, 0) is 9.59 Å². The normalized spacial score (nSPS) is 18.7. The minimum atomic E-state index is -0.611. The Balaban J connectivity index is 1.53. The van der Waals surface area contributed by atoms with Crippen LogP contribution >= 0.6 is 0 Å². The van der Waals surface area contributed by atoms with Crippen molar-refractivity contribution >= 4 is 23.4 Å². The number of pyridine rings is 1. The third-order valence-corrected chi connectivity index (χ3v) is 7.34. The monoisotopic (exact) mass is 502 g/mol. The summed E-state index contributed by atoms with van der Waals surface area (Å²) in [4.78, 5) is 45.6. The van der Waals surface area contributed by atoms with Gasteiger partial charge in [0, 0.05) is 36.6 Å². The molecule has 1 fully saturated rings. The van der Waals surface area contributed by atoms with Crippen molar-refractivity contribution in [3.05, 3.63) is 72.1 Å². The number of nitrogens with zero attached hydrogens (tertiary/aromatic N) is 2. The number of benzene rings is 1. The summed E-state index contributed by atoms with van der Waals surface area (Å²) >= 11 is 0. The average molecular weight is 503 g/mol. The van der Waals surface area contributed by atoms with Gasteiger partial charge in [-0.3, -0.25) is 19.4 Å². The van der Waals surface area contributed by atoms with E-state index in [1.807, 2.05) is 36.2 Å². The van der Waals surface area contributed by atoms with E-state index in [1.165, 1.54) is 19.3 Å². The summed E-state index contributed by atoms with van der Waals surface area (Å²) in [5.41, 5.74) is 2.01. The molecule has 0 bridgehead atoms. The van der Waals surface area contributed by atoms with Crippen molar-refractivity contribution in [2.75, 3.05) is 11.9 Å². The SMILES string of the molecule is CCCC(=O)Nc1cccc(C(=O)N[C@@H](CC2CCCCC2)C(=O)N2CC=CCC2c2cccnc2)c1. The second kappa shape index (κ2) is 13.2. The molecule has 7 nitrogen and oxygen atoms in total. The molecule has 2 N–H and O–H groups in total. The van der Waals surface area contributed by atoms with Gasteiger partial charge >= 0.3 is 0 Å². The lowest BCUT2D eigenvalue weighted by molar-refractivity contribution is -0.136. The van der Waals surface area contributed by atoms with Crippen LogP contribution in [0.2, 0.25) is 0 Å². The van der Waals surface area contributed by atoms with Gasteiger partial charge in [0.05, 0.1) is 6.04 Å². The van der Waals surface area contributed by atoms with Crippen LogP contribution in [0.15, 0.2) is 60.9 Å². The first kappa shape index (κ1) is 26.6. The Labute approximate surface area is 219 Å². The third kappa shape index (κ3) is 7.28. The summed E-state index contributed by atoms with van der Waals surface area (Å²) in [5, 5.41) is 5.92. The van der Waals surface area contributed by atoms with Crippen molar-refractivity contribution in [1.29, 1.82) is 0 Å². The third-order valence-electron chi connectivity index (χ3n) is 7.34. The molecule has 0 radical (unpaired) electrons. The summed E-state index contributed by atoms with van der Waals surface area (Å²) in [6, 6.07) is 10.1. The molecule has 0 spiro atoms. The van der Waals surface area contributed by atoms with Gasteiger partial charge in [-0.25, -0.2) is 0 Å². The van der Waals surface area contributed by atoms with Crippen molar-refractivity contribution in [2.24, 2.45) is 5.92 Å². The summed E-state index contributed by atoms with van der Waals surface area (Å²) in [6.45, 7) is 2.46. The topological polar surface area (TPSA) is 91.4 Å². The maximum atomic E-state index is 14.0. The number of nitrogens with one attached hydrogen (secondary N) is 2. The second-order valence-corrected chi connectivity index (χ2v) is 10.1. The summed E-state index contributed by atoms with van der Waals surface area (Å²) < 4.78 is 0. The summed E-state index contributed by atoms with van der Waals surface area (Å²) in [7, 11) is 0. The summed E-state index contributed by atoms with van der Waals surface area (Å²) in [6.07, 6.45) is 16.0. The molecule has 3 amide bonds. The highest BCUT2D eigenvalue weighted by Gasteiger charge is 2.34. The van der Waals surface area contributed by atoms with Gasteiger partial charge in [0.1, 0.15) is 6.04 Å². The van der Waals surface area contributed by atoms with E-state index in [0.29, 0.717) is 36.6 Å². The second-order valence-electron chi connectivity index (χ2n) is 10.1. The Kier molecular flexibility index (Phi) is 9.46. The molecule has 2 aliphatic rings. The largest absolute Gasteiger partial charge is 0.340 e. The van der Waals surface area contributed by atoms with Crippen LogP contribution in [0.25, 0.3) is 0 Å². The van der Waals surface area contributed by atoms with Crippen LogP contribution in [-0.4, -0.2) is 40.2 Å². The van der Waals surface area contributed by atoms with Crippen molar-refractivity contribution in [3.8, 4) is 0 Å². The Morgan fingerprint density at radius 1 is 1.08 bits per heavy atom. The summed E-state index contributed by atoms with van der Waals surface area (Å²) in [5.74, 6) is -0.0133. The van der Waals surface area contributed by atoms with Gasteiger partial charge in [0.2, 0.25) is 11.8 Å². The number of hydrogen-bond acceptors (Lipinski definition) is 4. The van der Waals surface area contributed by atoms with E-state index in [2.05, 4.69) is 21.7 Å². The van der Waals surface area contributed by atoms with Crippen LogP contribution in [0, 0.1) is 5.92 Å². The number of hydrogen-bond donors (Lipinski definition) is 2. The molecule has 2 heterocycles. The highest BCUT2D eigenvalue weighted by molar-refractivity contribution is 5.99. The molecular weight excluding hydrogens is 464 g/mol. The molecular formula is C30H38N4O3. The number of aromatic nitrogens is 1. The maximum Gasteiger partial charge on any atom is 0.252 e. The Morgan fingerprint density at radius 3 is 2.68 bits per heavy atom. The van der Waals surface area contributed by atoms with E-state index in [1.54, 1.807) is 30.5 Å². The molecule has 7 heteroatoms. The molecule has 1 aromatic carbocycles. The smallest absolute Gasteiger partial charge is 0.252 e. The quantitative estimate of drug-likeness (QED) is 0.448. The zero-order valence-electron chi connectivity index (χ0n) is 21.7. The maximum absolute atomic E-state index is 14.0. The minimum Gasteiger partial charge on any atom is -0.340 e. The minimum absolute atomic E-state index is 0.0514. The van der Waals surface area contributed by atoms with E-state index < -0.39 is 6.04 Å². The standard InChI is InChI=1S/C30H38N4O3/c1-2-10-28(35)32-25-15-8-13-23(20-25)29(36)33-26(19-22-11-4-3-5-12-22)30(37)34-18-7-6-16-27(34)24-14-9-17-31-21-24/h6-9,13-15,17,20-22,26-27H,2-5,10-12,16,18-19H2,1H3,(H,32,35)(H,33,36)/t26-,27?/m0/s1. The lowest BCUT2D eigenvalue weighted by atomic mass is 9.84. The fraction of sp³-hybridized carbons (Fsp3) is 0.467. The molecule has 2 atom stereocenters. The molecule has 2 aromatic rings. The molecule has 196 valence electrons. The fourth-order valence-corrected chi connectivity index (χ4v) is 5.41. The van der Waals surface area contributed by atoms with Crippen LogP contribution in [0.1, 0.15) is 86.7 Å². The number of carbonyl (C=O) groups is 3. The van der Waals surface area contributed by atoms with Gasteiger partial charge in [-0.2, -0.15) is 0 Å². The van der Waals surface area contributed by atoms with Gasteiger partial charge in [-0.05, 0) is 55.0 Å². The van der Waals surface area contributed by atoms with Crippen LogP contribution in [0.5, 0.6) is 0 Å². The van der Waals surface area contributed by atoms with Gasteiger partial charge in [-0.1, -0.05) is 63.3 Å². The average Bonchev–Trinajstić information content (AvgIpc) is 2.93. The van der Waals surface area contributed by atoms with Gasteiger partial charge < -0.3 is 15.5 Å². The highest BCUT2D eigenvalue weighted by Crippen LogP contribution is 2.31. The molecule has 4 rings (SSSR count). The van der Waals surface area contributed by atoms with Gasteiger partial charge in [0.15, 0.2) is 0 Å². The first-order valence-corrected chi connectivity index (χ1v) is 13.6. The molecule has 1 saturated carbocycles. The van der Waals surface area contributed by atoms with E-state index in [9.17, 15) is 14.4 Å². The fourth-order valence-electron chi connectivity index (χ4n) is 5.41. The molecule has 1 aliphatic heterocycles. The zero-order valence-corrected chi connectivity index (χ0v) is 21.7. The van der Waals surface area contributed by atoms with E-state index in [4.69, 9.17) is 0 Å². The molecule has 1 unspecified atom stereocenters. The lowest BCUT2D eigenvalue weighted by Crippen LogP contribution is -2.51. The number of rotatable bonds is 9. The molecule has 1 aliphatic carbocycles. The first-order valence-electron chi connectivity index (χ1n) is 13.6. The van der Waals surface area contributed by atoms with Crippen LogP contribution in [0.3, 0.4) is 0 Å². The van der Waals surface area contributed by atoms with Crippen molar-refractivity contribution in [3.63, 3.8) is 0 Å². The Hall–Kier alpha value is -3.48. The number of carbonyl (C=O) groups excluding carboxylic acids is 3. The van der Waals surface area contributed by atoms with E-state index in [-0.39, 0.29) is 23.8 Å². The van der Waals surface area contributed by atoms with Crippen LogP contribution < -0.4 is 10.6 Å². The number of amides is 3. The van der Waals surface area contributed by atoms with E-state index in [0.717, 1.165) is 31.2 Å². The van der Waals surface area contributed by atoms with Gasteiger partial charge in [0.25, 0.3) is 5.91 Å².